The fourth-order valence-electron chi connectivity index (χ4n) is 4.92. The monoisotopic (exact) mass is 693 g/mol. The van der Waals surface area contributed by atoms with Gasteiger partial charge in [0.15, 0.2) is 15.8 Å². The first-order valence-corrected chi connectivity index (χ1v) is 17.4. The molecule has 0 saturated carbocycles. The van der Waals surface area contributed by atoms with E-state index >= 15 is 0 Å². The summed E-state index contributed by atoms with van der Waals surface area (Å²) in [6.45, 7) is 7.30. The molecule has 1 aliphatic rings. The Morgan fingerprint density at radius 2 is 1.79 bits per heavy atom. The Balaban J connectivity index is 1.54. The van der Waals surface area contributed by atoms with E-state index in [0.29, 0.717) is 62.6 Å². The summed E-state index contributed by atoms with van der Waals surface area (Å²) in [6, 6.07) is 18.5. The molecule has 1 aliphatic heterocycles. The Morgan fingerprint density at radius 1 is 1.02 bits per heavy atom. The third kappa shape index (κ3) is 7.91. The number of hydrogen-bond donors (Lipinski definition) is 1. The minimum atomic E-state index is -1.01. The van der Waals surface area contributed by atoms with Gasteiger partial charge in [0.1, 0.15) is 11.5 Å². The van der Waals surface area contributed by atoms with Crippen LogP contribution in [-0.4, -0.2) is 47.3 Å². The van der Waals surface area contributed by atoms with E-state index in [0.717, 1.165) is 18.4 Å². The molecule has 1 amide bonds. The lowest BCUT2D eigenvalue weighted by Crippen LogP contribution is -2.29. The maximum Gasteiger partial charge on any atom is 0.301 e. The molecule has 3 aromatic carbocycles. The van der Waals surface area contributed by atoms with Crippen LogP contribution in [0, 0.1) is 5.92 Å². The number of anilines is 1. The summed E-state index contributed by atoms with van der Waals surface area (Å²) in [5, 5.41) is 21.1. The van der Waals surface area contributed by atoms with Crippen LogP contribution in [-0.2, 0) is 15.3 Å². The van der Waals surface area contributed by atoms with Gasteiger partial charge in [0.25, 0.3) is 5.78 Å². The summed E-state index contributed by atoms with van der Waals surface area (Å²) < 4.78 is 17.9. The van der Waals surface area contributed by atoms with Crippen molar-refractivity contribution >= 4 is 57.3 Å². The quantitative estimate of drug-likeness (QED) is 0.0458. The highest BCUT2D eigenvalue weighted by Crippen LogP contribution is 2.46. The largest absolute Gasteiger partial charge is 0.507 e. The molecule has 0 bridgehead atoms. The van der Waals surface area contributed by atoms with Gasteiger partial charge in [0.2, 0.25) is 5.13 Å². The van der Waals surface area contributed by atoms with Crippen molar-refractivity contribution in [2.24, 2.45) is 5.92 Å². The van der Waals surface area contributed by atoms with Gasteiger partial charge in [-0.1, -0.05) is 79.7 Å². The van der Waals surface area contributed by atoms with Gasteiger partial charge in [-0.3, -0.25) is 14.5 Å². The summed E-state index contributed by atoms with van der Waals surface area (Å²) in [5.74, 6) is 0.634. The van der Waals surface area contributed by atoms with Gasteiger partial charge < -0.3 is 19.3 Å². The standard InChI is InChI=1S/C35H36ClN3O6S2/c1-5-17-44-25-13-10-22(11-14-25)31(40)29-30(23-12-15-27(28(19-23)43-4)45-18-16-21(2)3)39(33(42)32(29)41)34-37-38-35(47-34)46-20-24-8-6-7-9-26(24)36/h6-15,19,21,30,40H,5,16-18,20H2,1-4H3/b31-29-. The average molecular weight is 694 g/mol. The number of ether oxygens (including phenoxy) is 3. The van der Waals surface area contributed by atoms with Crippen LogP contribution < -0.4 is 19.1 Å². The van der Waals surface area contributed by atoms with Gasteiger partial charge in [-0.15, -0.1) is 10.2 Å². The van der Waals surface area contributed by atoms with Crippen LogP contribution in [0.1, 0.15) is 56.3 Å². The SMILES string of the molecule is CCCOc1ccc(/C(O)=C2/C(=O)C(=O)N(c3nnc(SCc4ccccc4Cl)s3)C2c2ccc(OCCC(C)C)c(OC)c2)cc1. The first-order valence-electron chi connectivity index (χ1n) is 15.3. The second-order valence-electron chi connectivity index (χ2n) is 11.2. The molecular formula is C35H36ClN3O6S2. The Bertz CT molecular complexity index is 1760. The number of aliphatic hydroxyl groups excluding tert-OH is 1. The molecule has 47 heavy (non-hydrogen) atoms. The molecule has 9 nitrogen and oxygen atoms in total. The predicted molar refractivity (Wildman–Crippen MR) is 186 cm³/mol. The molecule has 1 unspecified atom stereocenters. The number of hydrogen-bond acceptors (Lipinski definition) is 10. The van der Waals surface area contributed by atoms with Gasteiger partial charge in [0.05, 0.1) is 31.9 Å². The van der Waals surface area contributed by atoms with Crippen molar-refractivity contribution in [2.75, 3.05) is 25.2 Å². The number of amides is 1. The first-order chi connectivity index (χ1) is 22.7. The number of halogens is 1. The zero-order valence-electron chi connectivity index (χ0n) is 26.6. The number of nitrogens with zero attached hydrogens (tertiary/aromatic N) is 3. The zero-order chi connectivity index (χ0) is 33.5. The lowest BCUT2D eigenvalue weighted by atomic mass is 9.95. The van der Waals surface area contributed by atoms with Crippen molar-refractivity contribution in [3.05, 3.63) is 94.0 Å². The van der Waals surface area contributed by atoms with Crippen LogP contribution in [0.15, 0.2) is 76.6 Å². The van der Waals surface area contributed by atoms with Crippen molar-refractivity contribution in [3.8, 4) is 17.2 Å². The highest BCUT2D eigenvalue weighted by molar-refractivity contribution is 8.00. The van der Waals surface area contributed by atoms with E-state index < -0.39 is 17.7 Å². The number of thioether (sulfide) groups is 1. The number of carbonyl (C=O) groups excluding carboxylic acids is 2. The molecular weight excluding hydrogens is 658 g/mol. The Labute approximate surface area is 287 Å². The topological polar surface area (TPSA) is 111 Å². The fraction of sp³-hybridized carbons (Fsp3) is 0.314. The van der Waals surface area contributed by atoms with Crippen molar-refractivity contribution in [1.82, 2.24) is 10.2 Å². The summed E-state index contributed by atoms with van der Waals surface area (Å²) in [6.07, 6.45) is 1.71. The number of Topliss-reactive ketones (excluding diaryl/α,β-unsaturated/α-hetero) is 1. The number of aliphatic hydroxyl groups is 1. The molecule has 12 heteroatoms. The molecule has 0 spiro atoms. The molecule has 0 radical (unpaired) electrons. The van der Waals surface area contributed by atoms with E-state index in [-0.39, 0.29) is 16.5 Å². The van der Waals surface area contributed by atoms with Gasteiger partial charge in [-0.05, 0) is 72.4 Å². The van der Waals surface area contributed by atoms with E-state index in [1.165, 1.54) is 35.1 Å². The van der Waals surface area contributed by atoms with Crippen LogP contribution in [0.5, 0.6) is 17.2 Å². The average Bonchev–Trinajstić information content (AvgIpc) is 3.64. The second-order valence-corrected chi connectivity index (χ2v) is 13.8. The number of rotatable bonds is 14. The van der Waals surface area contributed by atoms with Crippen LogP contribution in [0.3, 0.4) is 0 Å². The molecule has 246 valence electrons. The van der Waals surface area contributed by atoms with E-state index in [1.54, 1.807) is 42.5 Å². The molecule has 5 rings (SSSR count). The van der Waals surface area contributed by atoms with Crippen LogP contribution >= 0.6 is 34.7 Å². The maximum absolute atomic E-state index is 13.7. The number of carbonyl (C=O) groups is 2. The van der Waals surface area contributed by atoms with Gasteiger partial charge in [-0.25, -0.2) is 0 Å². The Hall–Kier alpha value is -4.06. The van der Waals surface area contributed by atoms with Crippen molar-refractivity contribution < 1.29 is 28.9 Å². The third-order valence-electron chi connectivity index (χ3n) is 7.41. The summed E-state index contributed by atoms with van der Waals surface area (Å²) in [7, 11) is 1.53. The molecule has 0 aliphatic carbocycles. The van der Waals surface area contributed by atoms with E-state index in [1.807, 2.05) is 31.2 Å². The lowest BCUT2D eigenvalue weighted by molar-refractivity contribution is -0.132. The molecule has 2 heterocycles. The number of aromatic nitrogens is 2. The molecule has 1 saturated heterocycles. The van der Waals surface area contributed by atoms with Crippen LogP contribution in [0.4, 0.5) is 5.13 Å². The molecule has 1 atom stereocenters. The fourth-order valence-corrected chi connectivity index (χ4v) is 7.07. The highest BCUT2D eigenvalue weighted by Gasteiger charge is 2.48. The van der Waals surface area contributed by atoms with Crippen molar-refractivity contribution in [1.29, 1.82) is 0 Å². The Morgan fingerprint density at radius 3 is 2.49 bits per heavy atom. The second kappa shape index (κ2) is 15.7. The minimum absolute atomic E-state index is 0.0757. The lowest BCUT2D eigenvalue weighted by Gasteiger charge is -2.23. The molecule has 1 aromatic heterocycles. The summed E-state index contributed by atoms with van der Waals surface area (Å²) >= 11 is 8.94. The molecule has 4 aromatic rings. The Kier molecular flexibility index (Phi) is 11.4. The molecule has 1 fully saturated rings. The predicted octanol–water partition coefficient (Wildman–Crippen LogP) is 8.33. The first kappa shape index (κ1) is 34.3. The van der Waals surface area contributed by atoms with Crippen molar-refractivity contribution in [3.63, 3.8) is 0 Å². The number of methoxy groups -OCH3 is 1. The van der Waals surface area contributed by atoms with Crippen molar-refractivity contribution in [2.45, 2.75) is 49.7 Å². The number of benzene rings is 3. The smallest absolute Gasteiger partial charge is 0.301 e. The number of ketones is 1. The maximum atomic E-state index is 13.7. The summed E-state index contributed by atoms with van der Waals surface area (Å²) in [5.41, 5.74) is 1.76. The van der Waals surface area contributed by atoms with Gasteiger partial charge in [-0.2, -0.15) is 0 Å². The van der Waals surface area contributed by atoms with Crippen LogP contribution in [0.2, 0.25) is 5.02 Å². The summed E-state index contributed by atoms with van der Waals surface area (Å²) in [4.78, 5) is 28.8. The zero-order valence-corrected chi connectivity index (χ0v) is 29.0. The van der Waals surface area contributed by atoms with Gasteiger partial charge >= 0.3 is 5.91 Å². The van der Waals surface area contributed by atoms with Gasteiger partial charge in [0, 0.05) is 16.3 Å². The van der Waals surface area contributed by atoms with E-state index in [2.05, 4.69) is 24.0 Å². The normalized spacial score (nSPS) is 15.8. The molecule has 1 N–H and O–H groups in total. The van der Waals surface area contributed by atoms with Crippen LogP contribution in [0.25, 0.3) is 5.76 Å². The van der Waals surface area contributed by atoms with E-state index in [4.69, 9.17) is 25.8 Å². The highest BCUT2D eigenvalue weighted by atomic mass is 35.5. The van der Waals surface area contributed by atoms with E-state index in [9.17, 15) is 14.7 Å². The third-order valence-corrected chi connectivity index (χ3v) is 9.89. The minimum Gasteiger partial charge on any atom is -0.507 e.